The van der Waals surface area contributed by atoms with Gasteiger partial charge in [0.05, 0.1) is 11.7 Å². The van der Waals surface area contributed by atoms with Gasteiger partial charge in [0.15, 0.2) is 0 Å². The van der Waals surface area contributed by atoms with Crippen molar-refractivity contribution in [3.8, 4) is 0 Å². The molecule has 0 fully saturated rings. The summed E-state index contributed by atoms with van der Waals surface area (Å²) in [5, 5.41) is 13.0. The SMILES string of the molecule is CNC(CC(C)C)C(O)c1c(F)cc(Cl)cc1F.Cl. The summed E-state index contributed by atoms with van der Waals surface area (Å²) in [4.78, 5) is 0. The Morgan fingerprint density at radius 3 is 2.11 bits per heavy atom. The predicted molar refractivity (Wildman–Crippen MR) is 75.9 cm³/mol. The monoisotopic (exact) mass is 313 g/mol. The summed E-state index contributed by atoms with van der Waals surface area (Å²) in [5.41, 5.74) is -0.334. The number of rotatable bonds is 5. The molecule has 0 aromatic heterocycles. The van der Waals surface area contributed by atoms with Crippen molar-refractivity contribution in [1.29, 1.82) is 0 Å². The molecule has 0 saturated carbocycles. The van der Waals surface area contributed by atoms with Crippen LogP contribution < -0.4 is 5.32 Å². The molecule has 1 aromatic rings. The maximum absolute atomic E-state index is 13.7. The van der Waals surface area contributed by atoms with Crippen molar-refractivity contribution >= 4 is 24.0 Å². The number of benzene rings is 1. The van der Waals surface area contributed by atoms with E-state index in [4.69, 9.17) is 11.6 Å². The molecule has 0 aliphatic carbocycles. The van der Waals surface area contributed by atoms with Crippen LogP contribution in [0.3, 0.4) is 0 Å². The van der Waals surface area contributed by atoms with E-state index < -0.39 is 23.8 Å². The Kier molecular flexibility index (Phi) is 7.82. The molecular weight excluding hydrogens is 295 g/mol. The molecule has 0 heterocycles. The molecule has 2 unspecified atom stereocenters. The van der Waals surface area contributed by atoms with Gasteiger partial charge in [0.1, 0.15) is 11.6 Å². The zero-order valence-electron chi connectivity index (χ0n) is 11.1. The minimum atomic E-state index is -1.24. The lowest BCUT2D eigenvalue weighted by Gasteiger charge is -2.25. The molecule has 2 nitrogen and oxygen atoms in total. The van der Waals surface area contributed by atoms with Crippen molar-refractivity contribution < 1.29 is 13.9 Å². The van der Waals surface area contributed by atoms with Crippen LogP contribution in [0, 0.1) is 17.6 Å². The lowest BCUT2D eigenvalue weighted by Crippen LogP contribution is -2.34. The van der Waals surface area contributed by atoms with Gasteiger partial charge >= 0.3 is 0 Å². The van der Waals surface area contributed by atoms with Crippen molar-refractivity contribution in [1.82, 2.24) is 5.32 Å². The van der Waals surface area contributed by atoms with E-state index in [1.54, 1.807) is 7.05 Å². The van der Waals surface area contributed by atoms with Crippen LogP contribution in [-0.4, -0.2) is 18.2 Å². The Hall–Kier alpha value is -0.420. The second-order valence-electron chi connectivity index (χ2n) is 4.75. The van der Waals surface area contributed by atoms with Crippen molar-refractivity contribution in [3.05, 3.63) is 34.4 Å². The molecule has 0 radical (unpaired) electrons. The summed E-state index contributed by atoms with van der Waals surface area (Å²) in [6.07, 6.45) is -0.631. The van der Waals surface area contributed by atoms with Crippen LogP contribution in [0.15, 0.2) is 12.1 Å². The molecule has 1 rings (SSSR count). The first kappa shape index (κ1) is 18.6. The van der Waals surface area contributed by atoms with Crippen LogP contribution in [-0.2, 0) is 0 Å². The highest BCUT2D eigenvalue weighted by molar-refractivity contribution is 6.30. The van der Waals surface area contributed by atoms with Crippen LogP contribution in [0.25, 0.3) is 0 Å². The van der Waals surface area contributed by atoms with Gasteiger partial charge in [-0.2, -0.15) is 0 Å². The van der Waals surface area contributed by atoms with E-state index in [1.807, 2.05) is 13.8 Å². The van der Waals surface area contributed by atoms with E-state index in [1.165, 1.54) is 0 Å². The molecule has 2 atom stereocenters. The van der Waals surface area contributed by atoms with Crippen LogP contribution in [0.1, 0.15) is 31.9 Å². The molecule has 0 aliphatic heterocycles. The molecule has 0 aliphatic rings. The van der Waals surface area contributed by atoms with E-state index in [2.05, 4.69) is 5.32 Å². The minimum Gasteiger partial charge on any atom is -0.387 e. The Balaban J connectivity index is 0.00000324. The highest BCUT2D eigenvalue weighted by atomic mass is 35.5. The number of hydrogen-bond donors (Lipinski definition) is 2. The molecule has 0 saturated heterocycles. The van der Waals surface area contributed by atoms with E-state index in [0.717, 1.165) is 12.1 Å². The van der Waals surface area contributed by atoms with E-state index in [9.17, 15) is 13.9 Å². The van der Waals surface area contributed by atoms with Gasteiger partial charge in [-0.05, 0) is 31.5 Å². The third-order valence-electron chi connectivity index (χ3n) is 2.82. The van der Waals surface area contributed by atoms with Gasteiger partial charge in [0, 0.05) is 11.1 Å². The molecular formula is C13H19Cl2F2NO. The lowest BCUT2D eigenvalue weighted by atomic mass is 9.94. The zero-order chi connectivity index (χ0) is 13.9. The quantitative estimate of drug-likeness (QED) is 0.868. The maximum atomic E-state index is 13.7. The summed E-state index contributed by atoms with van der Waals surface area (Å²) in [6, 6.07) is 1.60. The van der Waals surface area contributed by atoms with Gasteiger partial charge in [-0.1, -0.05) is 25.4 Å². The number of aliphatic hydroxyl groups is 1. The van der Waals surface area contributed by atoms with Gasteiger partial charge in [-0.15, -0.1) is 12.4 Å². The van der Waals surface area contributed by atoms with Crippen molar-refractivity contribution in [3.63, 3.8) is 0 Å². The average molecular weight is 314 g/mol. The van der Waals surface area contributed by atoms with Crippen molar-refractivity contribution in [2.45, 2.75) is 32.4 Å². The van der Waals surface area contributed by atoms with Gasteiger partial charge in [-0.3, -0.25) is 0 Å². The summed E-state index contributed by atoms with van der Waals surface area (Å²) in [7, 11) is 1.65. The first-order valence-corrected chi connectivity index (χ1v) is 6.24. The van der Waals surface area contributed by atoms with Gasteiger partial charge in [-0.25, -0.2) is 8.78 Å². The molecule has 2 N–H and O–H groups in total. The predicted octanol–water partition coefficient (Wildman–Crippen LogP) is 3.71. The smallest absolute Gasteiger partial charge is 0.133 e. The third kappa shape index (κ3) is 4.88. The lowest BCUT2D eigenvalue weighted by molar-refractivity contribution is 0.113. The molecule has 1 aromatic carbocycles. The number of hydrogen-bond acceptors (Lipinski definition) is 2. The summed E-state index contributed by atoms with van der Waals surface area (Å²) in [5.74, 6) is -1.34. The fraction of sp³-hybridized carbons (Fsp3) is 0.538. The Labute approximate surface area is 123 Å². The largest absolute Gasteiger partial charge is 0.387 e. The van der Waals surface area contributed by atoms with Gasteiger partial charge in [0.2, 0.25) is 0 Å². The number of aliphatic hydroxyl groups excluding tert-OH is 1. The Bertz CT molecular complexity index is 393. The number of nitrogens with one attached hydrogen (secondary N) is 1. The average Bonchev–Trinajstić information content (AvgIpc) is 2.23. The molecule has 0 bridgehead atoms. The summed E-state index contributed by atoms with van der Waals surface area (Å²) < 4.78 is 27.4. The van der Waals surface area contributed by atoms with Crippen molar-refractivity contribution in [2.24, 2.45) is 5.92 Å². The maximum Gasteiger partial charge on any atom is 0.133 e. The zero-order valence-corrected chi connectivity index (χ0v) is 12.7. The highest BCUT2D eigenvalue weighted by Gasteiger charge is 2.26. The molecule has 0 amide bonds. The fourth-order valence-electron chi connectivity index (χ4n) is 1.95. The van der Waals surface area contributed by atoms with Gasteiger partial charge in [0.25, 0.3) is 0 Å². The standard InChI is InChI=1S/C13H18ClF2NO.ClH/c1-7(2)4-11(17-3)13(18)12-9(15)5-8(14)6-10(12)16;/h5-7,11,13,17-18H,4H2,1-3H3;1H. The summed E-state index contributed by atoms with van der Waals surface area (Å²) in [6.45, 7) is 3.96. The number of likely N-dealkylation sites (N-methyl/N-ethyl adjacent to an activating group) is 1. The molecule has 19 heavy (non-hydrogen) atoms. The minimum absolute atomic E-state index is 0. The number of halogens is 4. The first-order valence-electron chi connectivity index (χ1n) is 5.86. The summed E-state index contributed by atoms with van der Waals surface area (Å²) >= 11 is 5.55. The Morgan fingerprint density at radius 1 is 1.26 bits per heavy atom. The second-order valence-corrected chi connectivity index (χ2v) is 5.19. The van der Waals surface area contributed by atoms with Crippen molar-refractivity contribution in [2.75, 3.05) is 7.05 Å². The van der Waals surface area contributed by atoms with Gasteiger partial charge < -0.3 is 10.4 Å². The molecule has 110 valence electrons. The van der Waals surface area contributed by atoms with Crippen LogP contribution in [0.2, 0.25) is 5.02 Å². The van der Waals surface area contributed by atoms with E-state index in [-0.39, 0.29) is 23.0 Å². The van der Waals surface area contributed by atoms with Crippen LogP contribution in [0.5, 0.6) is 0 Å². The normalized spacial score (nSPS) is 14.1. The van der Waals surface area contributed by atoms with E-state index in [0.29, 0.717) is 12.3 Å². The molecule has 6 heteroatoms. The molecule has 0 spiro atoms. The third-order valence-corrected chi connectivity index (χ3v) is 3.04. The van der Waals surface area contributed by atoms with Crippen LogP contribution >= 0.6 is 24.0 Å². The van der Waals surface area contributed by atoms with Crippen LogP contribution in [0.4, 0.5) is 8.78 Å². The second kappa shape index (κ2) is 8.00. The highest BCUT2D eigenvalue weighted by Crippen LogP contribution is 2.28. The topological polar surface area (TPSA) is 32.3 Å². The van der Waals surface area contributed by atoms with E-state index >= 15 is 0 Å². The first-order chi connectivity index (χ1) is 8.36. The fourth-order valence-corrected chi connectivity index (χ4v) is 2.14. The Morgan fingerprint density at radius 2 is 1.74 bits per heavy atom.